The Hall–Kier alpha value is -3.41. The second kappa shape index (κ2) is 11.8. The van der Waals surface area contributed by atoms with Crippen molar-refractivity contribution in [3.8, 4) is 5.75 Å². The maximum atomic E-state index is 12.1. The first kappa shape index (κ1) is 26.6. The maximum Gasteiger partial charge on any atom is 0.352 e. The summed E-state index contributed by atoms with van der Waals surface area (Å²) in [5.41, 5.74) is 5.98. The van der Waals surface area contributed by atoms with E-state index in [4.69, 9.17) is 27.9 Å². The highest BCUT2D eigenvalue weighted by Gasteiger charge is 2.19. The molecule has 0 amide bonds. The van der Waals surface area contributed by atoms with Gasteiger partial charge in [-0.25, -0.2) is 4.79 Å². The minimum absolute atomic E-state index is 0.227. The van der Waals surface area contributed by atoms with Crippen molar-refractivity contribution < 1.29 is 14.6 Å². The predicted octanol–water partition coefficient (Wildman–Crippen LogP) is 8.23. The lowest BCUT2D eigenvalue weighted by atomic mass is 10.1. The van der Waals surface area contributed by atoms with Crippen LogP contribution < -0.4 is 9.64 Å². The first-order chi connectivity index (χ1) is 17.7. The van der Waals surface area contributed by atoms with Gasteiger partial charge >= 0.3 is 5.97 Å². The molecule has 1 aromatic heterocycles. The number of hydrogen-bond donors (Lipinski definition) is 1. The van der Waals surface area contributed by atoms with Crippen LogP contribution in [0.4, 0.5) is 11.4 Å². The average molecular weight is 537 g/mol. The van der Waals surface area contributed by atoms with Gasteiger partial charge in [0.25, 0.3) is 0 Å². The number of hydrogen-bond acceptors (Lipinski definition) is 3. The van der Waals surface area contributed by atoms with Crippen molar-refractivity contribution >= 4 is 40.5 Å². The number of rotatable bonds is 10. The molecular formula is C30H30Cl2N2O3. The summed E-state index contributed by atoms with van der Waals surface area (Å²) in [7, 11) is 0. The number of nitrogens with zero attached hydrogens (tertiary/aromatic N) is 2. The van der Waals surface area contributed by atoms with Gasteiger partial charge in [-0.1, -0.05) is 53.5 Å². The van der Waals surface area contributed by atoms with Crippen molar-refractivity contribution in [1.29, 1.82) is 0 Å². The number of aryl methyl sites for hydroxylation is 4. The van der Waals surface area contributed by atoms with Crippen LogP contribution in [0.5, 0.6) is 5.75 Å². The van der Waals surface area contributed by atoms with E-state index in [0.29, 0.717) is 31.1 Å². The van der Waals surface area contributed by atoms with E-state index < -0.39 is 5.97 Å². The number of benzene rings is 3. The number of halogens is 2. The van der Waals surface area contributed by atoms with Gasteiger partial charge in [-0.05, 0) is 85.8 Å². The third-order valence-corrected chi connectivity index (χ3v) is 7.20. The Balaban J connectivity index is 1.56. The Morgan fingerprint density at radius 3 is 2.35 bits per heavy atom. The van der Waals surface area contributed by atoms with Gasteiger partial charge in [0.1, 0.15) is 11.4 Å². The predicted molar refractivity (Wildman–Crippen MR) is 151 cm³/mol. The molecule has 1 heterocycles. The molecule has 5 nitrogen and oxygen atoms in total. The van der Waals surface area contributed by atoms with E-state index in [1.54, 1.807) is 10.6 Å². The molecule has 4 rings (SSSR count). The van der Waals surface area contributed by atoms with Crippen LogP contribution in [0.3, 0.4) is 0 Å². The summed E-state index contributed by atoms with van der Waals surface area (Å²) in [6, 6.07) is 21.4. The van der Waals surface area contributed by atoms with E-state index in [-0.39, 0.29) is 5.69 Å². The molecule has 0 fully saturated rings. The van der Waals surface area contributed by atoms with Crippen LogP contribution in [0.2, 0.25) is 10.0 Å². The highest BCUT2D eigenvalue weighted by molar-refractivity contribution is 6.32. The van der Waals surface area contributed by atoms with Crippen molar-refractivity contribution in [1.82, 2.24) is 4.57 Å². The standard InChI is InChI=1S/C30H30Cl2N2O3/c1-20-8-6-10-24(14-20)34(18-23-9-4-5-11-27(23)31)25-17-28(30(35)36)33(19-25)12-7-13-37-26-15-21(2)29(32)22(3)16-26/h4-6,8-11,14-17,19H,7,12-13,18H2,1-3H3,(H,35,36). The minimum Gasteiger partial charge on any atom is -0.494 e. The Labute approximate surface area is 227 Å². The molecule has 0 spiro atoms. The molecule has 0 atom stereocenters. The first-order valence-corrected chi connectivity index (χ1v) is 12.9. The van der Waals surface area contributed by atoms with E-state index in [9.17, 15) is 9.90 Å². The van der Waals surface area contributed by atoms with Crippen molar-refractivity contribution in [2.75, 3.05) is 11.5 Å². The summed E-state index contributed by atoms with van der Waals surface area (Å²) in [6.07, 6.45) is 2.53. The summed E-state index contributed by atoms with van der Waals surface area (Å²) in [5.74, 6) is -0.213. The van der Waals surface area contributed by atoms with Crippen LogP contribution in [-0.4, -0.2) is 22.2 Å². The normalized spacial score (nSPS) is 10.9. The summed E-state index contributed by atoms with van der Waals surface area (Å²) >= 11 is 12.7. The molecule has 0 aliphatic heterocycles. The molecule has 192 valence electrons. The summed E-state index contributed by atoms with van der Waals surface area (Å²) in [5, 5.41) is 11.3. The van der Waals surface area contributed by atoms with Crippen molar-refractivity contribution in [2.24, 2.45) is 0 Å². The van der Waals surface area contributed by atoms with Gasteiger partial charge in [-0.3, -0.25) is 0 Å². The molecule has 37 heavy (non-hydrogen) atoms. The van der Waals surface area contributed by atoms with Crippen LogP contribution in [-0.2, 0) is 13.1 Å². The summed E-state index contributed by atoms with van der Waals surface area (Å²) in [4.78, 5) is 14.2. The van der Waals surface area contributed by atoms with Crippen molar-refractivity contribution in [2.45, 2.75) is 40.3 Å². The fourth-order valence-corrected chi connectivity index (χ4v) is 4.65. The Bertz CT molecular complexity index is 1390. The van der Waals surface area contributed by atoms with E-state index >= 15 is 0 Å². The largest absolute Gasteiger partial charge is 0.494 e. The average Bonchev–Trinajstić information content (AvgIpc) is 3.29. The number of aromatic nitrogens is 1. The summed E-state index contributed by atoms with van der Waals surface area (Å²) < 4.78 is 7.70. The Morgan fingerprint density at radius 2 is 1.68 bits per heavy atom. The van der Waals surface area contributed by atoms with Gasteiger partial charge in [0.2, 0.25) is 0 Å². The van der Waals surface area contributed by atoms with Crippen LogP contribution >= 0.6 is 23.2 Å². The molecule has 7 heteroatoms. The number of anilines is 2. The zero-order valence-corrected chi connectivity index (χ0v) is 22.7. The molecule has 0 saturated heterocycles. The van der Waals surface area contributed by atoms with E-state index in [1.807, 2.05) is 81.6 Å². The highest BCUT2D eigenvalue weighted by Crippen LogP contribution is 2.32. The van der Waals surface area contributed by atoms with Crippen LogP contribution in [0.25, 0.3) is 0 Å². The number of carbonyl (C=O) groups is 1. The van der Waals surface area contributed by atoms with E-state index in [1.165, 1.54) is 0 Å². The van der Waals surface area contributed by atoms with Crippen LogP contribution in [0.15, 0.2) is 72.9 Å². The third-order valence-electron chi connectivity index (χ3n) is 6.23. The van der Waals surface area contributed by atoms with Gasteiger partial charge in [-0.15, -0.1) is 0 Å². The van der Waals surface area contributed by atoms with Crippen LogP contribution in [0, 0.1) is 20.8 Å². The number of carboxylic acid groups (broad SMARTS) is 1. The molecule has 0 saturated carbocycles. The second-order valence-electron chi connectivity index (χ2n) is 9.17. The van der Waals surface area contributed by atoms with E-state index in [2.05, 4.69) is 11.0 Å². The molecule has 0 radical (unpaired) electrons. The lowest BCUT2D eigenvalue weighted by Crippen LogP contribution is -2.16. The quantitative estimate of drug-likeness (QED) is 0.207. The van der Waals surface area contributed by atoms with Gasteiger partial charge in [0, 0.05) is 35.0 Å². The van der Waals surface area contributed by atoms with E-state index in [0.717, 1.165) is 44.4 Å². The first-order valence-electron chi connectivity index (χ1n) is 12.1. The smallest absolute Gasteiger partial charge is 0.352 e. The maximum absolute atomic E-state index is 12.1. The third kappa shape index (κ3) is 6.48. The molecule has 1 N–H and O–H groups in total. The fourth-order valence-electron chi connectivity index (χ4n) is 4.35. The number of ether oxygens (including phenoxy) is 1. The molecule has 0 unspecified atom stereocenters. The topological polar surface area (TPSA) is 54.7 Å². The highest BCUT2D eigenvalue weighted by atomic mass is 35.5. The molecular weight excluding hydrogens is 507 g/mol. The van der Waals surface area contributed by atoms with Gasteiger partial charge in [-0.2, -0.15) is 0 Å². The van der Waals surface area contributed by atoms with Gasteiger partial charge < -0.3 is 19.3 Å². The molecule has 0 aliphatic rings. The lowest BCUT2D eigenvalue weighted by Gasteiger charge is -2.25. The van der Waals surface area contributed by atoms with Crippen molar-refractivity contribution in [3.63, 3.8) is 0 Å². The molecule has 0 bridgehead atoms. The minimum atomic E-state index is -0.974. The number of carboxylic acids is 1. The number of aromatic carboxylic acids is 1. The zero-order chi connectivity index (χ0) is 26.5. The Morgan fingerprint density at radius 1 is 0.946 bits per heavy atom. The lowest BCUT2D eigenvalue weighted by molar-refractivity contribution is 0.0684. The summed E-state index contributed by atoms with van der Waals surface area (Å²) in [6.45, 7) is 7.39. The van der Waals surface area contributed by atoms with Gasteiger partial charge in [0.05, 0.1) is 12.3 Å². The van der Waals surface area contributed by atoms with Crippen LogP contribution in [0.1, 0.15) is 39.2 Å². The molecule has 0 aliphatic carbocycles. The second-order valence-corrected chi connectivity index (χ2v) is 9.96. The molecule has 3 aromatic carbocycles. The van der Waals surface area contributed by atoms with Gasteiger partial charge in [0.15, 0.2) is 0 Å². The molecule has 4 aromatic rings. The zero-order valence-electron chi connectivity index (χ0n) is 21.2. The fraction of sp³-hybridized carbons (Fsp3) is 0.233. The SMILES string of the molecule is Cc1cccc(N(Cc2ccccc2Cl)c2cc(C(=O)O)n(CCCOc3cc(C)c(Cl)c(C)c3)c2)c1. The van der Waals surface area contributed by atoms with Crippen molar-refractivity contribution in [3.05, 3.63) is 111 Å². The monoisotopic (exact) mass is 536 g/mol. The Kier molecular flexibility index (Phi) is 8.47.